The van der Waals surface area contributed by atoms with Crippen LogP contribution in [0.2, 0.25) is 0 Å². The highest BCUT2D eigenvalue weighted by Gasteiger charge is 2.31. The van der Waals surface area contributed by atoms with E-state index in [-0.39, 0.29) is 82.0 Å². The fourth-order valence-electron chi connectivity index (χ4n) is 3.89. The van der Waals surface area contributed by atoms with Crippen LogP contribution in [0.15, 0.2) is 15.0 Å². The van der Waals surface area contributed by atoms with Crippen molar-refractivity contribution in [1.29, 1.82) is 0 Å². The zero-order valence-electron chi connectivity index (χ0n) is 26.9. The molecule has 0 spiro atoms. The number of carbonyl (C=O) groups is 5. The number of guanidine groups is 3. The molecule has 47 heavy (non-hydrogen) atoms. The Labute approximate surface area is 273 Å². The minimum atomic E-state index is -1.45. The van der Waals surface area contributed by atoms with Gasteiger partial charge in [-0.2, -0.15) is 0 Å². The van der Waals surface area contributed by atoms with E-state index in [4.69, 9.17) is 40.1 Å². The lowest BCUT2D eigenvalue weighted by atomic mass is 10.0. The molecule has 20 N–H and O–H groups in total. The number of hydrogen-bond donors (Lipinski definition) is 13. The number of carboxylic acids is 1. The summed E-state index contributed by atoms with van der Waals surface area (Å²) < 4.78 is 0. The number of aliphatic hydroxyl groups excluding tert-OH is 1. The molecule has 0 fully saturated rings. The van der Waals surface area contributed by atoms with Gasteiger partial charge in [-0.1, -0.05) is 13.8 Å². The van der Waals surface area contributed by atoms with Gasteiger partial charge in [0.25, 0.3) is 0 Å². The Kier molecular flexibility index (Phi) is 20.2. The lowest BCUT2D eigenvalue weighted by molar-refractivity contribution is -0.142. The topological polar surface area (TPSA) is 393 Å². The first-order valence-corrected chi connectivity index (χ1v) is 15.0. The summed E-state index contributed by atoms with van der Waals surface area (Å²) in [4.78, 5) is 75.6. The zero-order valence-corrected chi connectivity index (χ0v) is 26.9. The second-order valence-corrected chi connectivity index (χ2v) is 10.9. The predicted molar refractivity (Wildman–Crippen MR) is 175 cm³/mol. The normalized spacial score (nSPS) is 13.9. The minimum absolute atomic E-state index is 0.0221. The van der Waals surface area contributed by atoms with Crippen molar-refractivity contribution in [3.8, 4) is 0 Å². The number of nitrogens with one attached hydrogen (secondary N) is 4. The van der Waals surface area contributed by atoms with E-state index in [1.807, 2.05) is 0 Å². The molecule has 0 radical (unpaired) electrons. The first kappa shape index (κ1) is 42.1. The number of aliphatic hydroxyl groups is 1. The Bertz CT molecular complexity index is 1120. The Morgan fingerprint density at radius 1 is 0.574 bits per heavy atom. The monoisotopic (exact) mass is 672 g/mol. The highest BCUT2D eigenvalue weighted by molar-refractivity contribution is 5.95. The summed E-state index contributed by atoms with van der Waals surface area (Å²) in [6.07, 6.45) is 0.552. The molecular formula is C26H52N14O7. The summed E-state index contributed by atoms with van der Waals surface area (Å²) in [6, 6.07) is -6.34. The van der Waals surface area contributed by atoms with Gasteiger partial charge in [0.2, 0.25) is 23.6 Å². The van der Waals surface area contributed by atoms with Crippen LogP contribution in [0.5, 0.6) is 0 Å². The Balaban J connectivity index is 6.03. The Morgan fingerprint density at radius 3 is 1.21 bits per heavy atom. The first-order valence-electron chi connectivity index (χ1n) is 15.0. The smallest absolute Gasteiger partial charge is 0.326 e. The van der Waals surface area contributed by atoms with Crippen LogP contribution in [0.25, 0.3) is 0 Å². The van der Waals surface area contributed by atoms with Gasteiger partial charge in [0.05, 0.1) is 12.6 Å². The quantitative estimate of drug-likeness (QED) is 0.0273. The van der Waals surface area contributed by atoms with Crippen LogP contribution in [0.3, 0.4) is 0 Å². The van der Waals surface area contributed by atoms with E-state index in [0.29, 0.717) is 0 Å². The second kappa shape index (κ2) is 22.6. The van der Waals surface area contributed by atoms with Crippen molar-refractivity contribution in [2.45, 2.75) is 82.6 Å². The molecule has 268 valence electrons. The van der Waals surface area contributed by atoms with Crippen molar-refractivity contribution < 1.29 is 34.2 Å². The molecule has 0 aliphatic carbocycles. The summed E-state index contributed by atoms with van der Waals surface area (Å²) in [7, 11) is 0. The number of hydrogen-bond acceptors (Lipinski definition) is 10. The van der Waals surface area contributed by atoms with Crippen LogP contribution in [-0.2, 0) is 24.0 Å². The van der Waals surface area contributed by atoms with Crippen LogP contribution in [0, 0.1) is 5.92 Å². The van der Waals surface area contributed by atoms with Gasteiger partial charge in [0.15, 0.2) is 17.9 Å². The number of aliphatic carboxylic acids is 1. The van der Waals surface area contributed by atoms with Gasteiger partial charge < -0.3 is 71.6 Å². The number of aliphatic imine (C=N–C) groups is 3. The lowest BCUT2D eigenvalue weighted by Gasteiger charge is -2.26. The van der Waals surface area contributed by atoms with E-state index in [1.54, 1.807) is 13.8 Å². The number of rotatable bonds is 23. The number of amides is 4. The average molecular weight is 673 g/mol. The van der Waals surface area contributed by atoms with E-state index in [2.05, 4.69) is 36.2 Å². The van der Waals surface area contributed by atoms with E-state index in [0.717, 1.165) is 0 Å². The highest BCUT2D eigenvalue weighted by Crippen LogP contribution is 2.07. The maximum absolute atomic E-state index is 13.5. The lowest BCUT2D eigenvalue weighted by Crippen LogP contribution is -2.59. The molecule has 0 saturated carbocycles. The molecule has 0 aromatic rings. The van der Waals surface area contributed by atoms with Gasteiger partial charge in [-0.3, -0.25) is 34.2 Å². The molecule has 21 nitrogen and oxygen atoms in total. The van der Waals surface area contributed by atoms with Crippen molar-refractivity contribution >= 4 is 47.5 Å². The molecule has 0 bridgehead atoms. The van der Waals surface area contributed by atoms with Crippen LogP contribution in [0.1, 0.15) is 52.4 Å². The summed E-state index contributed by atoms with van der Waals surface area (Å²) >= 11 is 0. The number of carboxylic acid groups (broad SMARTS) is 1. The van der Waals surface area contributed by atoms with Gasteiger partial charge in [-0.05, 0) is 44.4 Å². The fourth-order valence-corrected chi connectivity index (χ4v) is 3.89. The van der Waals surface area contributed by atoms with Crippen molar-refractivity contribution in [1.82, 2.24) is 21.3 Å². The van der Waals surface area contributed by atoms with Gasteiger partial charge in [0, 0.05) is 19.6 Å². The second-order valence-electron chi connectivity index (χ2n) is 10.9. The van der Waals surface area contributed by atoms with Crippen molar-refractivity contribution in [3.63, 3.8) is 0 Å². The largest absolute Gasteiger partial charge is 0.480 e. The standard InChI is InChI=1S/C26H52N14O7/c1-13(2)18(27)22(45)40-17(12-41)21(44)38-14(6-3-9-34-24(28)29)19(42)37-15(7-4-10-35-25(30)31)20(43)39-16(23(46)47)8-5-11-36-26(32)33/h13-18,41H,3-12,27H2,1-2H3,(H,37,42)(H,38,44)(H,39,43)(H,40,45)(H,46,47)(H4,28,29,34)(H4,30,31,35)(H4,32,33,36)/t14-,15-,16-,17-,18?/m0/s1. The molecule has 0 rings (SSSR count). The molecule has 0 aliphatic rings. The minimum Gasteiger partial charge on any atom is -0.480 e. The molecule has 0 saturated heterocycles. The maximum atomic E-state index is 13.5. The Hall–Kier alpha value is -4.92. The Morgan fingerprint density at radius 2 is 0.894 bits per heavy atom. The van der Waals surface area contributed by atoms with E-state index >= 15 is 0 Å². The molecule has 0 heterocycles. The van der Waals surface area contributed by atoms with Crippen LogP contribution in [-0.4, -0.2) is 114 Å². The van der Waals surface area contributed by atoms with Gasteiger partial charge >= 0.3 is 5.97 Å². The van der Waals surface area contributed by atoms with E-state index in [9.17, 15) is 34.2 Å². The summed E-state index contributed by atoms with van der Waals surface area (Å²) in [5, 5.41) is 29.2. The molecule has 5 atom stereocenters. The van der Waals surface area contributed by atoms with E-state index < -0.39 is 66.4 Å². The third kappa shape index (κ3) is 18.6. The molecule has 0 aliphatic heterocycles. The van der Waals surface area contributed by atoms with Crippen LogP contribution in [0.4, 0.5) is 0 Å². The summed E-state index contributed by atoms with van der Waals surface area (Å²) in [6.45, 7) is 2.90. The first-order chi connectivity index (χ1) is 22.0. The molecule has 21 heteroatoms. The zero-order chi connectivity index (χ0) is 36.1. The summed E-state index contributed by atoms with van der Waals surface area (Å²) in [5.41, 5.74) is 37.8. The number of nitrogens with two attached hydrogens (primary N) is 7. The fraction of sp³-hybridized carbons (Fsp3) is 0.692. The van der Waals surface area contributed by atoms with Crippen LogP contribution >= 0.6 is 0 Å². The predicted octanol–water partition coefficient (Wildman–Crippen LogP) is -5.85. The average Bonchev–Trinajstić information content (AvgIpc) is 2.98. The highest BCUT2D eigenvalue weighted by atomic mass is 16.4. The molecule has 0 aromatic heterocycles. The molecular weight excluding hydrogens is 620 g/mol. The maximum Gasteiger partial charge on any atom is 0.326 e. The molecule has 4 amide bonds. The van der Waals surface area contributed by atoms with Gasteiger partial charge in [-0.25, -0.2) is 4.79 Å². The summed E-state index contributed by atoms with van der Waals surface area (Å²) in [5.74, 6) is -5.39. The third-order valence-corrected chi connectivity index (χ3v) is 6.55. The molecule has 1 unspecified atom stereocenters. The number of nitrogens with zero attached hydrogens (tertiary/aromatic N) is 3. The van der Waals surface area contributed by atoms with Crippen molar-refractivity contribution in [3.05, 3.63) is 0 Å². The van der Waals surface area contributed by atoms with Gasteiger partial charge in [-0.15, -0.1) is 0 Å². The molecule has 0 aromatic carbocycles. The van der Waals surface area contributed by atoms with Crippen molar-refractivity contribution in [2.24, 2.45) is 61.0 Å². The SMILES string of the molecule is CC(C)C(N)C(=O)N[C@@H](CO)C(=O)N[C@@H](CCCN=C(N)N)C(=O)N[C@@H](CCCN=C(N)N)C(=O)N[C@@H](CCCN=C(N)N)C(=O)O. The van der Waals surface area contributed by atoms with Crippen molar-refractivity contribution in [2.75, 3.05) is 26.2 Å². The van der Waals surface area contributed by atoms with E-state index in [1.165, 1.54) is 0 Å². The third-order valence-electron chi connectivity index (χ3n) is 6.55. The van der Waals surface area contributed by atoms with Gasteiger partial charge in [0.1, 0.15) is 24.2 Å². The van der Waals surface area contributed by atoms with Crippen LogP contribution < -0.4 is 61.4 Å². The number of carbonyl (C=O) groups excluding carboxylic acids is 4.